The van der Waals surface area contributed by atoms with E-state index < -0.39 is 17.7 Å². The largest absolute Gasteiger partial charge is 0.481 e. The number of carboxylic acids is 1. The van der Waals surface area contributed by atoms with Crippen LogP contribution in [0.5, 0.6) is 0 Å². The highest BCUT2D eigenvalue weighted by Crippen LogP contribution is 2.19. The summed E-state index contributed by atoms with van der Waals surface area (Å²) < 4.78 is 13.0. The molecule has 128 valence electrons. The van der Waals surface area contributed by atoms with Crippen molar-refractivity contribution in [2.45, 2.75) is 25.7 Å². The zero-order chi connectivity index (χ0) is 17.9. The zero-order valence-corrected chi connectivity index (χ0v) is 13.6. The van der Waals surface area contributed by atoms with Crippen LogP contribution in [0, 0.1) is 17.1 Å². The molecule has 0 saturated carbocycles. The van der Waals surface area contributed by atoms with Gasteiger partial charge in [-0.3, -0.25) is 9.59 Å². The monoisotopic (exact) mass is 353 g/mol. The van der Waals surface area contributed by atoms with Gasteiger partial charge in [-0.2, -0.15) is 5.26 Å². The first-order valence-electron chi connectivity index (χ1n) is 7.26. The van der Waals surface area contributed by atoms with Gasteiger partial charge in [0.1, 0.15) is 17.5 Å². The highest BCUT2D eigenvalue weighted by molar-refractivity contribution is 6.31. The van der Waals surface area contributed by atoms with Gasteiger partial charge in [0.05, 0.1) is 5.02 Å². The Kier molecular flexibility index (Phi) is 8.30. The molecule has 0 atom stereocenters. The van der Waals surface area contributed by atoms with Crippen molar-refractivity contribution >= 4 is 29.2 Å². The van der Waals surface area contributed by atoms with E-state index in [0.29, 0.717) is 31.5 Å². The molecule has 1 rings (SSSR count). The van der Waals surface area contributed by atoms with Crippen molar-refractivity contribution in [2.75, 3.05) is 11.9 Å². The summed E-state index contributed by atoms with van der Waals surface area (Å²) in [6.45, 7) is 0.347. The first kappa shape index (κ1) is 19.5. The number of hydrogen-bond donors (Lipinski definition) is 3. The number of carboxylic acid groups (broad SMARTS) is 1. The lowest BCUT2D eigenvalue weighted by Crippen LogP contribution is -2.26. The summed E-state index contributed by atoms with van der Waals surface area (Å²) >= 11 is 5.64. The van der Waals surface area contributed by atoms with Crippen LogP contribution in [0.15, 0.2) is 30.0 Å². The molecule has 0 radical (unpaired) electrons. The molecule has 1 aromatic carbocycles. The van der Waals surface area contributed by atoms with Crippen LogP contribution in [0.4, 0.5) is 10.1 Å². The minimum absolute atomic E-state index is 0.0716. The second-order valence-electron chi connectivity index (χ2n) is 4.90. The van der Waals surface area contributed by atoms with E-state index in [-0.39, 0.29) is 17.0 Å². The maximum atomic E-state index is 13.0. The molecule has 0 heterocycles. The van der Waals surface area contributed by atoms with Gasteiger partial charge in [0.25, 0.3) is 5.91 Å². The molecule has 0 aliphatic rings. The zero-order valence-electron chi connectivity index (χ0n) is 12.8. The number of amides is 1. The lowest BCUT2D eigenvalue weighted by Gasteiger charge is -2.05. The van der Waals surface area contributed by atoms with Crippen LogP contribution in [-0.4, -0.2) is 23.5 Å². The molecule has 0 spiro atoms. The number of hydrogen-bond acceptors (Lipinski definition) is 4. The molecular formula is C16H17ClFN3O3. The molecule has 0 aliphatic carbocycles. The normalized spacial score (nSPS) is 10.8. The number of nitrogens with zero attached hydrogens (tertiary/aromatic N) is 1. The number of nitrogens with one attached hydrogen (secondary N) is 2. The lowest BCUT2D eigenvalue weighted by molar-refractivity contribution is -0.137. The average molecular weight is 354 g/mol. The third-order valence-corrected chi connectivity index (χ3v) is 3.31. The van der Waals surface area contributed by atoms with Crippen LogP contribution in [0.3, 0.4) is 0 Å². The number of rotatable bonds is 9. The first-order chi connectivity index (χ1) is 11.4. The number of carbonyl (C=O) groups is 2. The molecule has 0 aliphatic heterocycles. The standard InChI is InChI=1S/C16H17ClFN3O3/c17-13-8-12(5-6-14(13)18)21-10-11(9-19)16(24)20-7-3-1-2-4-15(22)23/h5-6,8,10,21H,1-4,7H2,(H,20,24)(H,22,23)/b11-10-. The summed E-state index contributed by atoms with van der Waals surface area (Å²) in [5, 5.41) is 22.7. The third kappa shape index (κ3) is 7.11. The average Bonchev–Trinajstić information content (AvgIpc) is 2.54. The van der Waals surface area contributed by atoms with E-state index in [1.54, 1.807) is 6.07 Å². The molecule has 6 nitrogen and oxygen atoms in total. The van der Waals surface area contributed by atoms with Crippen LogP contribution in [0.2, 0.25) is 5.02 Å². The number of nitriles is 1. The maximum Gasteiger partial charge on any atom is 0.303 e. The first-order valence-corrected chi connectivity index (χ1v) is 7.63. The predicted molar refractivity (Wildman–Crippen MR) is 87.8 cm³/mol. The van der Waals surface area contributed by atoms with E-state index in [1.165, 1.54) is 24.4 Å². The number of halogens is 2. The second-order valence-corrected chi connectivity index (χ2v) is 5.31. The van der Waals surface area contributed by atoms with E-state index in [2.05, 4.69) is 10.6 Å². The van der Waals surface area contributed by atoms with E-state index in [4.69, 9.17) is 22.0 Å². The molecule has 0 unspecified atom stereocenters. The minimum atomic E-state index is -0.847. The van der Waals surface area contributed by atoms with Gasteiger partial charge >= 0.3 is 5.97 Å². The summed E-state index contributed by atoms with van der Waals surface area (Å²) in [6, 6.07) is 5.70. The Labute approximate surface area is 143 Å². The van der Waals surface area contributed by atoms with Crippen molar-refractivity contribution in [1.29, 1.82) is 5.26 Å². The smallest absolute Gasteiger partial charge is 0.303 e. The Morgan fingerprint density at radius 3 is 2.71 bits per heavy atom. The molecule has 0 saturated heterocycles. The summed E-state index contributed by atoms with van der Waals surface area (Å²) in [4.78, 5) is 22.2. The molecule has 8 heteroatoms. The summed E-state index contributed by atoms with van der Waals surface area (Å²) in [5.41, 5.74) is 0.302. The van der Waals surface area contributed by atoms with Crippen molar-refractivity contribution in [1.82, 2.24) is 5.32 Å². The quantitative estimate of drug-likeness (QED) is 0.360. The van der Waals surface area contributed by atoms with Gasteiger partial charge in [0, 0.05) is 24.9 Å². The van der Waals surface area contributed by atoms with Gasteiger partial charge in [-0.05, 0) is 31.0 Å². The van der Waals surface area contributed by atoms with E-state index in [9.17, 15) is 14.0 Å². The summed E-state index contributed by atoms with van der Waals surface area (Å²) in [5.74, 6) is -1.95. The summed E-state index contributed by atoms with van der Waals surface area (Å²) in [7, 11) is 0. The number of benzene rings is 1. The third-order valence-electron chi connectivity index (χ3n) is 3.02. The van der Waals surface area contributed by atoms with Crippen LogP contribution in [0.25, 0.3) is 0 Å². The van der Waals surface area contributed by atoms with Crippen LogP contribution >= 0.6 is 11.6 Å². The topological polar surface area (TPSA) is 102 Å². The molecule has 1 amide bonds. The Bertz CT molecular complexity index is 671. The van der Waals surface area contributed by atoms with E-state index in [1.807, 2.05) is 0 Å². The maximum absolute atomic E-state index is 13.0. The molecule has 0 bridgehead atoms. The Hall–Kier alpha value is -2.59. The number of aliphatic carboxylic acids is 1. The number of carbonyl (C=O) groups excluding carboxylic acids is 1. The fraction of sp³-hybridized carbons (Fsp3) is 0.312. The highest BCUT2D eigenvalue weighted by atomic mass is 35.5. The fourth-order valence-corrected chi connectivity index (χ4v) is 1.95. The van der Waals surface area contributed by atoms with Crippen LogP contribution in [0.1, 0.15) is 25.7 Å². The highest BCUT2D eigenvalue weighted by Gasteiger charge is 2.08. The molecule has 3 N–H and O–H groups in total. The van der Waals surface area contributed by atoms with Crippen molar-refractivity contribution in [3.05, 3.63) is 40.8 Å². The Balaban J connectivity index is 2.44. The van der Waals surface area contributed by atoms with Gasteiger partial charge in [0.15, 0.2) is 0 Å². The predicted octanol–water partition coefficient (Wildman–Crippen LogP) is 3.06. The lowest BCUT2D eigenvalue weighted by atomic mass is 10.2. The van der Waals surface area contributed by atoms with Gasteiger partial charge < -0.3 is 15.7 Å². The van der Waals surface area contributed by atoms with E-state index >= 15 is 0 Å². The summed E-state index contributed by atoms with van der Waals surface area (Å²) in [6.07, 6.45) is 3.15. The number of unbranched alkanes of at least 4 members (excludes halogenated alkanes) is 2. The SMILES string of the molecule is N#C/C(=C/Nc1ccc(F)c(Cl)c1)C(=O)NCCCCCC(=O)O. The Morgan fingerprint density at radius 2 is 2.08 bits per heavy atom. The molecule has 0 fully saturated rings. The molecule has 1 aromatic rings. The van der Waals surface area contributed by atoms with Gasteiger partial charge in [-0.1, -0.05) is 18.0 Å². The van der Waals surface area contributed by atoms with Crippen LogP contribution < -0.4 is 10.6 Å². The van der Waals surface area contributed by atoms with E-state index in [0.717, 1.165) is 0 Å². The van der Waals surface area contributed by atoms with Crippen molar-refractivity contribution in [2.24, 2.45) is 0 Å². The van der Waals surface area contributed by atoms with Gasteiger partial charge in [0.2, 0.25) is 0 Å². The number of anilines is 1. The second kappa shape index (κ2) is 10.2. The van der Waals surface area contributed by atoms with Crippen molar-refractivity contribution in [3.8, 4) is 6.07 Å². The minimum Gasteiger partial charge on any atom is -0.481 e. The van der Waals surface area contributed by atoms with Crippen LogP contribution in [-0.2, 0) is 9.59 Å². The van der Waals surface area contributed by atoms with Crippen molar-refractivity contribution < 1.29 is 19.1 Å². The molecule has 0 aromatic heterocycles. The van der Waals surface area contributed by atoms with Gasteiger partial charge in [-0.25, -0.2) is 4.39 Å². The van der Waals surface area contributed by atoms with Gasteiger partial charge in [-0.15, -0.1) is 0 Å². The molecule has 24 heavy (non-hydrogen) atoms. The molecular weight excluding hydrogens is 337 g/mol. The van der Waals surface area contributed by atoms with Crippen molar-refractivity contribution in [3.63, 3.8) is 0 Å². The Morgan fingerprint density at radius 1 is 1.33 bits per heavy atom. The fourth-order valence-electron chi connectivity index (χ4n) is 1.77.